The van der Waals surface area contributed by atoms with Crippen molar-refractivity contribution >= 4 is 11.9 Å². The Hall–Kier alpha value is -1.91. The summed E-state index contributed by atoms with van der Waals surface area (Å²) in [5, 5.41) is 9.16. The van der Waals surface area contributed by atoms with E-state index >= 15 is 0 Å². The smallest absolute Gasteiger partial charge is 0.338 e. The minimum absolute atomic E-state index is 0.0229. The molecule has 1 fully saturated rings. The molecule has 1 amide bonds. The minimum atomic E-state index is -1.11. The lowest BCUT2D eigenvalue weighted by Gasteiger charge is -2.41. The number of nitrogens with zero attached hydrogens (tertiary/aromatic N) is 2. The molecular formula is C16H22N2O3. The predicted octanol–water partition coefficient (Wildman–Crippen LogP) is 2.82. The SMILES string of the molecule is CCC1(CC)CCN(C(=O)c2ncccc2C(=O)O)CC1. The van der Waals surface area contributed by atoms with Crippen LogP contribution in [0.4, 0.5) is 0 Å². The highest BCUT2D eigenvalue weighted by Gasteiger charge is 2.34. The van der Waals surface area contributed by atoms with Gasteiger partial charge in [0.25, 0.3) is 5.91 Å². The lowest BCUT2D eigenvalue weighted by molar-refractivity contribution is 0.0541. The number of rotatable bonds is 4. The summed E-state index contributed by atoms with van der Waals surface area (Å²) >= 11 is 0. The number of carboxylic acid groups (broad SMARTS) is 1. The van der Waals surface area contributed by atoms with Crippen LogP contribution in [0.5, 0.6) is 0 Å². The van der Waals surface area contributed by atoms with E-state index in [4.69, 9.17) is 5.11 Å². The molecule has 5 nitrogen and oxygen atoms in total. The van der Waals surface area contributed by atoms with Gasteiger partial charge in [0.05, 0.1) is 5.56 Å². The Labute approximate surface area is 125 Å². The molecule has 0 radical (unpaired) electrons. The minimum Gasteiger partial charge on any atom is -0.478 e. The third kappa shape index (κ3) is 3.06. The van der Waals surface area contributed by atoms with Gasteiger partial charge in [-0.1, -0.05) is 26.7 Å². The maximum Gasteiger partial charge on any atom is 0.338 e. The number of hydrogen-bond donors (Lipinski definition) is 1. The van der Waals surface area contributed by atoms with E-state index in [0.717, 1.165) is 25.7 Å². The van der Waals surface area contributed by atoms with Gasteiger partial charge in [0, 0.05) is 19.3 Å². The van der Waals surface area contributed by atoms with Crippen LogP contribution in [-0.4, -0.2) is 40.0 Å². The van der Waals surface area contributed by atoms with Crippen LogP contribution in [0.3, 0.4) is 0 Å². The molecule has 1 aliphatic heterocycles. The number of hydrogen-bond acceptors (Lipinski definition) is 3. The number of carbonyl (C=O) groups is 2. The summed E-state index contributed by atoms with van der Waals surface area (Å²) in [5.74, 6) is -1.38. The molecule has 0 saturated carbocycles. The standard InChI is InChI=1S/C16H22N2O3/c1-3-16(4-2)7-10-18(11-8-16)14(19)13-12(15(20)21)6-5-9-17-13/h5-6,9H,3-4,7-8,10-11H2,1-2H3,(H,20,21). The number of amides is 1. The molecule has 0 unspecified atom stereocenters. The number of carbonyl (C=O) groups excluding carboxylic acids is 1. The van der Waals surface area contributed by atoms with Crippen molar-refractivity contribution in [1.82, 2.24) is 9.88 Å². The molecule has 2 heterocycles. The van der Waals surface area contributed by atoms with Crippen molar-refractivity contribution in [3.8, 4) is 0 Å². The topological polar surface area (TPSA) is 70.5 Å². The van der Waals surface area contributed by atoms with E-state index in [2.05, 4.69) is 18.8 Å². The molecule has 1 N–H and O–H groups in total. The van der Waals surface area contributed by atoms with Crippen LogP contribution >= 0.6 is 0 Å². The Morgan fingerprint density at radius 2 is 1.90 bits per heavy atom. The molecule has 114 valence electrons. The molecular weight excluding hydrogens is 268 g/mol. The second-order valence-corrected chi connectivity index (χ2v) is 5.70. The van der Waals surface area contributed by atoms with E-state index in [-0.39, 0.29) is 17.2 Å². The fourth-order valence-electron chi connectivity index (χ4n) is 3.04. The third-order valence-corrected chi connectivity index (χ3v) is 4.85. The first kappa shape index (κ1) is 15.5. The zero-order valence-corrected chi connectivity index (χ0v) is 12.6. The maximum absolute atomic E-state index is 12.5. The van der Waals surface area contributed by atoms with E-state index in [0.29, 0.717) is 18.5 Å². The lowest BCUT2D eigenvalue weighted by atomic mass is 9.74. The molecule has 1 aromatic heterocycles. The molecule has 5 heteroatoms. The Balaban J connectivity index is 2.15. The summed E-state index contributed by atoms with van der Waals surface area (Å²) in [6, 6.07) is 2.96. The first-order valence-electron chi connectivity index (χ1n) is 7.50. The zero-order chi connectivity index (χ0) is 15.5. The van der Waals surface area contributed by atoms with E-state index < -0.39 is 5.97 Å². The summed E-state index contributed by atoms with van der Waals surface area (Å²) in [6.07, 6.45) is 5.65. The van der Waals surface area contributed by atoms with Gasteiger partial charge in [-0.3, -0.25) is 9.78 Å². The average Bonchev–Trinajstić information content (AvgIpc) is 2.54. The molecule has 0 aromatic carbocycles. The monoisotopic (exact) mass is 290 g/mol. The Morgan fingerprint density at radius 3 is 2.43 bits per heavy atom. The quantitative estimate of drug-likeness (QED) is 0.925. The van der Waals surface area contributed by atoms with Gasteiger partial charge in [-0.25, -0.2) is 4.79 Å². The average molecular weight is 290 g/mol. The highest BCUT2D eigenvalue weighted by molar-refractivity contribution is 6.03. The van der Waals surface area contributed by atoms with Crippen LogP contribution in [0.15, 0.2) is 18.3 Å². The van der Waals surface area contributed by atoms with Crippen molar-refractivity contribution in [2.24, 2.45) is 5.41 Å². The molecule has 2 rings (SSSR count). The molecule has 1 aromatic rings. The van der Waals surface area contributed by atoms with E-state index in [1.165, 1.54) is 18.3 Å². The first-order chi connectivity index (χ1) is 10.0. The van der Waals surface area contributed by atoms with Gasteiger partial charge in [-0.05, 0) is 30.4 Å². The first-order valence-corrected chi connectivity index (χ1v) is 7.50. The second-order valence-electron chi connectivity index (χ2n) is 5.70. The van der Waals surface area contributed by atoms with Crippen molar-refractivity contribution in [2.45, 2.75) is 39.5 Å². The van der Waals surface area contributed by atoms with Gasteiger partial charge in [0.1, 0.15) is 5.69 Å². The lowest BCUT2D eigenvalue weighted by Crippen LogP contribution is -2.43. The van der Waals surface area contributed by atoms with E-state index in [1.807, 2.05) is 0 Å². The summed E-state index contributed by atoms with van der Waals surface area (Å²) in [6.45, 7) is 5.75. The highest BCUT2D eigenvalue weighted by atomic mass is 16.4. The van der Waals surface area contributed by atoms with Crippen LogP contribution < -0.4 is 0 Å². The number of piperidine rings is 1. The Morgan fingerprint density at radius 1 is 1.29 bits per heavy atom. The van der Waals surface area contributed by atoms with Crippen molar-refractivity contribution in [3.05, 3.63) is 29.6 Å². The summed E-state index contributed by atoms with van der Waals surface area (Å²) < 4.78 is 0. The van der Waals surface area contributed by atoms with Crippen LogP contribution in [0.2, 0.25) is 0 Å². The molecule has 1 aliphatic rings. The summed E-state index contributed by atoms with van der Waals surface area (Å²) in [7, 11) is 0. The molecule has 0 bridgehead atoms. The highest BCUT2D eigenvalue weighted by Crippen LogP contribution is 2.38. The van der Waals surface area contributed by atoms with Crippen molar-refractivity contribution in [3.63, 3.8) is 0 Å². The number of aromatic nitrogens is 1. The van der Waals surface area contributed by atoms with E-state index in [1.54, 1.807) is 4.90 Å². The molecule has 0 aliphatic carbocycles. The number of aromatic carboxylic acids is 1. The molecule has 1 saturated heterocycles. The maximum atomic E-state index is 12.5. The molecule has 0 spiro atoms. The van der Waals surface area contributed by atoms with Gasteiger partial charge in [-0.15, -0.1) is 0 Å². The van der Waals surface area contributed by atoms with Crippen LogP contribution in [0.25, 0.3) is 0 Å². The second kappa shape index (κ2) is 6.24. The zero-order valence-electron chi connectivity index (χ0n) is 12.6. The van der Waals surface area contributed by atoms with Gasteiger partial charge in [-0.2, -0.15) is 0 Å². The van der Waals surface area contributed by atoms with Crippen molar-refractivity contribution < 1.29 is 14.7 Å². The number of pyridine rings is 1. The number of likely N-dealkylation sites (tertiary alicyclic amines) is 1. The van der Waals surface area contributed by atoms with Crippen molar-refractivity contribution in [2.75, 3.05) is 13.1 Å². The predicted molar refractivity (Wildman–Crippen MR) is 79.3 cm³/mol. The van der Waals surface area contributed by atoms with Gasteiger partial charge < -0.3 is 10.0 Å². The van der Waals surface area contributed by atoms with Crippen LogP contribution in [-0.2, 0) is 0 Å². The fourth-order valence-corrected chi connectivity index (χ4v) is 3.04. The van der Waals surface area contributed by atoms with E-state index in [9.17, 15) is 9.59 Å². The van der Waals surface area contributed by atoms with Gasteiger partial charge >= 0.3 is 5.97 Å². The van der Waals surface area contributed by atoms with Crippen LogP contribution in [0.1, 0.15) is 60.4 Å². The fraction of sp³-hybridized carbons (Fsp3) is 0.562. The largest absolute Gasteiger partial charge is 0.478 e. The Bertz CT molecular complexity index is 528. The Kier molecular flexibility index (Phi) is 4.60. The normalized spacial score (nSPS) is 17.5. The summed E-state index contributed by atoms with van der Waals surface area (Å²) in [4.78, 5) is 29.4. The van der Waals surface area contributed by atoms with Crippen LogP contribution in [0, 0.1) is 5.41 Å². The molecule has 21 heavy (non-hydrogen) atoms. The van der Waals surface area contributed by atoms with Crippen molar-refractivity contribution in [1.29, 1.82) is 0 Å². The third-order valence-electron chi connectivity index (χ3n) is 4.85. The van der Waals surface area contributed by atoms with Gasteiger partial charge in [0.15, 0.2) is 0 Å². The summed E-state index contributed by atoms with van der Waals surface area (Å²) in [5.41, 5.74) is 0.354. The molecule has 0 atom stereocenters. The van der Waals surface area contributed by atoms with Gasteiger partial charge in [0.2, 0.25) is 0 Å². The number of carboxylic acids is 1.